The van der Waals surface area contributed by atoms with Gasteiger partial charge in [0.05, 0.1) is 22.8 Å². The zero-order chi connectivity index (χ0) is 27.8. The number of aromatic nitrogens is 2. The minimum absolute atomic E-state index is 0.160. The fourth-order valence-corrected chi connectivity index (χ4v) is 5.95. The lowest BCUT2D eigenvalue weighted by atomic mass is 9.92. The number of hydrogen-bond acceptors (Lipinski definition) is 4. The van der Waals surface area contributed by atoms with Gasteiger partial charge in [0.2, 0.25) is 15.9 Å². The Balaban J connectivity index is 1.66. The van der Waals surface area contributed by atoms with Crippen molar-refractivity contribution in [2.45, 2.75) is 64.8 Å². The normalized spacial score (nSPS) is 12.4. The van der Waals surface area contributed by atoms with Gasteiger partial charge in [-0.15, -0.1) is 0 Å². The number of hydrogen-bond donors (Lipinski definition) is 1. The van der Waals surface area contributed by atoms with Crippen LogP contribution in [0.1, 0.15) is 51.4 Å². The molecule has 0 aliphatic heterocycles. The highest BCUT2D eigenvalue weighted by Gasteiger charge is 2.30. The van der Waals surface area contributed by atoms with Crippen LogP contribution in [0, 0.1) is 13.8 Å². The van der Waals surface area contributed by atoms with Gasteiger partial charge < -0.3 is 5.32 Å². The fraction of sp³-hybridized carbons (Fsp3) is 0.333. The number of nitrogens with one attached hydrogen (secondary N) is 1. The molecule has 8 heteroatoms. The monoisotopic (exact) mass is 532 g/mol. The number of anilines is 1. The van der Waals surface area contributed by atoms with E-state index >= 15 is 0 Å². The van der Waals surface area contributed by atoms with Crippen molar-refractivity contribution < 1.29 is 13.2 Å². The number of aryl methyl sites for hydroxylation is 1. The zero-order valence-electron chi connectivity index (χ0n) is 23.1. The molecule has 4 rings (SSSR count). The lowest BCUT2D eigenvalue weighted by Crippen LogP contribution is -2.42. The predicted molar refractivity (Wildman–Crippen MR) is 153 cm³/mol. The van der Waals surface area contributed by atoms with Crippen LogP contribution in [0.4, 0.5) is 5.82 Å². The van der Waals surface area contributed by atoms with Gasteiger partial charge in [0.15, 0.2) is 0 Å². The Morgan fingerprint density at radius 2 is 1.66 bits per heavy atom. The van der Waals surface area contributed by atoms with Crippen LogP contribution in [-0.2, 0) is 20.2 Å². The van der Waals surface area contributed by atoms with Gasteiger partial charge >= 0.3 is 0 Å². The summed E-state index contributed by atoms with van der Waals surface area (Å²) in [5.41, 5.74) is 3.60. The molecule has 0 saturated carbocycles. The average Bonchev–Trinajstić information content (AvgIpc) is 3.27. The number of fused-ring (bicyclic) bond motifs is 1. The first-order valence-electron chi connectivity index (χ1n) is 12.8. The third kappa shape index (κ3) is 5.51. The summed E-state index contributed by atoms with van der Waals surface area (Å²) in [6, 6.07) is 20.0. The van der Waals surface area contributed by atoms with Crippen LogP contribution >= 0.6 is 0 Å². The van der Waals surface area contributed by atoms with Gasteiger partial charge in [-0.1, -0.05) is 63.2 Å². The van der Waals surface area contributed by atoms with Gasteiger partial charge in [0.25, 0.3) is 0 Å². The van der Waals surface area contributed by atoms with E-state index in [1.165, 1.54) is 4.31 Å². The molecule has 1 amide bonds. The third-order valence-corrected chi connectivity index (χ3v) is 8.77. The maximum Gasteiger partial charge on any atom is 0.243 e. The smallest absolute Gasteiger partial charge is 0.243 e. The Labute approximate surface area is 225 Å². The second-order valence-corrected chi connectivity index (χ2v) is 12.9. The van der Waals surface area contributed by atoms with Gasteiger partial charge in [-0.2, -0.15) is 9.40 Å². The summed E-state index contributed by atoms with van der Waals surface area (Å²) in [5.74, 6) is 0.0652. The number of sulfonamides is 1. The first-order chi connectivity index (χ1) is 17.8. The summed E-state index contributed by atoms with van der Waals surface area (Å²) in [4.78, 5) is 13.5. The molecule has 1 aromatic heterocycles. The van der Waals surface area contributed by atoms with Gasteiger partial charge in [-0.25, -0.2) is 13.1 Å². The fourth-order valence-electron chi connectivity index (χ4n) is 4.32. The molecule has 200 valence electrons. The van der Waals surface area contributed by atoms with E-state index in [2.05, 4.69) is 26.1 Å². The van der Waals surface area contributed by atoms with Crippen molar-refractivity contribution in [3.05, 3.63) is 83.6 Å². The van der Waals surface area contributed by atoms with E-state index in [4.69, 9.17) is 5.10 Å². The number of carbonyl (C=O) groups excluding carboxylic acids is 1. The molecule has 1 heterocycles. The van der Waals surface area contributed by atoms with Crippen molar-refractivity contribution >= 4 is 32.5 Å². The average molecular weight is 533 g/mol. The van der Waals surface area contributed by atoms with E-state index in [0.29, 0.717) is 5.82 Å². The molecule has 0 radical (unpaired) electrons. The zero-order valence-corrected chi connectivity index (χ0v) is 23.9. The lowest BCUT2D eigenvalue weighted by molar-refractivity contribution is -0.116. The molecule has 0 saturated heterocycles. The molecule has 0 aliphatic carbocycles. The maximum atomic E-state index is 13.6. The molecule has 7 nitrogen and oxygen atoms in total. The SMILES string of the molecule is Cc1cccc(-n2nc(C(C)(C)C)cc2NC(=O)CN(C(C)C)S(=O)(=O)c2ccc3ccccc3c2)c1C. The number of nitrogens with zero attached hydrogens (tertiary/aromatic N) is 3. The van der Waals surface area contributed by atoms with Crippen LogP contribution in [0.15, 0.2) is 71.6 Å². The summed E-state index contributed by atoms with van der Waals surface area (Å²) in [6.45, 7) is 13.4. The Bertz CT molecular complexity index is 1600. The van der Waals surface area contributed by atoms with Crippen molar-refractivity contribution in [2.24, 2.45) is 0 Å². The number of amides is 1. The lowest BCUT2D eigenvalue weighted by Gasteiger charge is -2.25. The molecule has 0 atom stereocenters. The Hall–Kier alpha value is -3.49. The van der Waals surface area contributed by atoms with Crippen LogP contribution in [-0.4, -0.2) is 41.0 Å². The van der Waals surface area contributed by atoms with E-state index < -0.39 is 22.0 Å². The minimum Gasteiger partial charge on any atom is -0.309 e. The summed E-state index contributed by atoms with van der Waals surface area (Å²) in [5, 5.41) is 9.54. The summed E-state index contributed by atoms with van der Waals surface area (Å²) in [6.07, 6.45) is 0. The molecule has 3 aromatic carbocycles. The van der Waals surface area contributed by atoms with Crippen molar-refractivity contribution in [3.8, 4) is 5.69 Å². The van der Waals surface area contributed by atoms with Gasteiger partial charge in [-0.05, 0) is 67.8 Å². The van der Waals surface area contributed by atoms with Crippen LogP contribution in [0.3, 0.4) is 0 Å². The van der Waals surface area contributed by atoms with E-state index in [-0.39, 0.29) is 16.9 Å². The van der Waals surface area contributed by atoms with E-state index in [1.54, 1.807) is 36.7 Å². The van der Waals surface area contributed by atoms with Crippen LogP contribution < -0.4 is 5.32 Å². The van der Waals surface area contributed by atoms with Crippen molar-refractivity contribution in [1.82, 2.24) is 14.1 Å². The molecule has 0 fully saturated rings. The van der Waals surface area contributed by atoms with E-state index in [1.807, 2.05) is 62.4 Å². The third-order valence-electron chi connectivity index (χ3n) is 6.75. The van der Waals surface area contributed by atoms with E-state index in [9.17, 15) is 13.2 Å². The van der Waals surface area contributed by atoms with Crippen LogP contribution in [0.2, 0.25) is 0 Å². The summed E-state index contributed by atoms with van der Waals surface area (Å²) in [7, 11) is -3.92. The second kappa shape index (κ2) is 10.3. The van der Waals surface area contributed by atoms with Crippen molar-refractivity contribution in [3.63, 3.8) is 0 Å². The highest BCUT2D eigenvalue weighted by Crippen LogP contribution is 2.29. The summed E-state index contributed by atoms with van der Waals surface area (Å²) < 4.78 is 30.2. The van der Waals surface area contributed by atoms with Crippen molar-refractivity contribution in [1.29, 1.82) is 0 Å². The first kappa shape index (κ1) is 27.5. The molecular weight excluding hydrogens is 496 g/mol. The minimum atomic E-state index is -3.92. The van der Waals surface area contributed by atoms with Crippen LogP contribution in [0.5, 0.6) is 0 Å². The largest absolute Gasteiger partial charge is 0.309 e. The molecular formula is C30H36N4O3S. The molecule has 0 aliphatic rings. The Morgan fingerprint density at radius 3 is 2.32 bits per heavy atom. The second-order valence-electron chi connectivity index (χ2n) is 11.0. The Morgan fingerprint density at radius 1 is 0.974 bits per heavy atom. The summed E-state index contributed by atoms with van der Waals surface area (Å²) >= 11 is 0. The van der Waals surface area contributed by atoms with Gasteiger partial charge in [0.1, 0.15) is 5.82 Å². The molecule has 0 bridgehead atoms. The topological polar surface area (TPSA) is 84.3 Å². The standard InChI is InChI=1S/C30H36N4O3S/c1-20(2)33(38(36,37)25-16-15-23-12-8-9-13-24(23)17-25)19-29(35)31-28-18-27(30(5,6)7)32-34(28)26-14-10-11-21(3)22(26)4/h8-18,20H,19H2,1-7H3,(H,31,35). The quantitative estimate of drug-likeness (QED) is 0.317. The maximum absolute atomic E-state index is 13.6. The molecule has 4 aromatic rings. The number of rotatable bonds is 7. The van der Waals surface area contributed by atoms with E-state index in [0.717, 1.165) is 33.3 Å². The Kier molecular flexibility index (Phi) is 7.50. The molecule has 0 unspecified atom stereocenters. The van der Waals surface area contributed by atoms with Gasteiger partial charge in [0, 0.05) is 17.5 Å². The molecule has 38 heavy (non-hydrogen) atoms. The van der Waals surface area contributed by atoms with Crippen molar-refractivity contribution in [2.75, 3.05) is 11.9 Å². The highest BCUT2D eigenvalue weighted by molar-refractivity contribution is 7.89. The molecule has 0 spiro atoms. The van der Waals surface area contributed by atoms with Crippen LogP contribution in [0.25, 0.3) is 16.5 Å². The highest BCUT2D eigenvalue weighted by atomic mass is 32.2. The molecule has 1 N–H and O–H groups in total. The number of benzene rings is 3. The predicted octanol–water partition coefficient (Wildman–Crippen LogP) is 5.98. The first-order valence-corrected chi connectivity index (χ1v) is 14.2. The van der Waals surface area contributed by atoms with Gasteiger partial charge in [-0.3, -0.25) is 4.79 Å². The number of carbonyl (C=O) groups is 1.